The molecule has 21 heavy (non-hydrogen) atoms. The molecule has 0 fully saturated rings. The van der Waals surface area contributed by atoms with Gasteiger partial charge in [-0.3, -0.25) is 0 Å². The molecule has 2 rings (SSSR count). The van der Waals surface area contributed by atoms with E-state index in [1.165, 1.54) is 19.1 Å². The number of nitrogens with one attached hydrogen (secondary N) is 1. The van der Waals surface area contributed by atoms with Crippen LogP contribution in [0.5, 0.6) is 0 Å². The van der Waals surface area contributed by atoms with Gasteiger partial charge in [0.15, 0.2) is 0 Å². The zero-order chi connectivity index (χ0) is 15.6. The van der Waals surface area contributed by atoms with Gasteiger partial charge in [-0.15, -0.1) is 11.3 Å². The van der Waals surface area contributed by atoms with Gasteiger partial charge in [-0.05, 0) is 24.6 Å². The van der Waals surface area contributed by atoms with Crippen LogP contribution in [0.1, 0.15) is 26.6 Å². The molecule has 4 nitrogen and oxygen atoms in total. The highest BCUT2D eigenvalue weighted by Gasteiger charge is 2.32. The quantitative estimate of drug-likeness (QED) is 0.901. The van der Waals surface area contributed by atoms with E-state index >= 15 is 0 Å². The maximum Gasteiger partial charge on any atom is 0.416 e. The zero-order valence-electron chi connectivity index (χ0n) is 10.9. The highest BCUT2D eigenvalue weighted by molar-refractivity contribution is 7.11. The highest BCUT2D eigenvalue weighted by atomic mass is 32.1. The first-order valence-corrected chi connectivity index (χ1v) is 6.75. The minimum Gasteiger partial charge on any atom is -0.476 e. The normalized spacial score (nSPS) is 11.4. The third-order valence-electron chi connectivity index (χ3n) is 2.75. The number of carbonyl (C=O) groups is 1. The summed E-state index contributed by atoms with van der Waals surface area (Å²) in [6.07, 6.45) is -4.40. The third-order valence-corrected chi connectivity index (χ3v) is 3.63. The largest absolute Gasteiger partial charge is 0.476 e. The number of carboxylic acids is 1. The van der Waals surface area contributed by atoms with Gasteiger partial charge >= 0.3 is 12.1 Å². The first-order chi connectivity index (χ1) is 9.77. The van der Waals surface area contributed by atoms with Gasteiger partial charge < -0.3 is 10.4 Å². The predicted octanol–water partition coefficient (Wildman–Crippen LogP) is 3.78. The van der Waals surface area contributed by atoms with Gasteiger partial charge in [0.05, 0.1) is 17.8 Å². The maximum absolute atomic E-state index is 12.8. The van der Waals surface area contributed by atoms with E-state index in [9.17, 15) is 18.0 Å². The van der Waals surface area contributed by atoms with Crippen LogP contribution < -0.4 is 5.32 Å². The summed E-state index contributed by atoms with van der Waals surface area (Å²) in [5.74, 6) is -1.12. The number of hydrogen-bond donors (Lipinski definition) is 2. The average Bonchev–Trinajstić information content (AvgIpc) is 2.85. The highest BCUT2D eigenvalue weighted by Crippen LogP contribution is 2.33. The van der Waals surface area contributed by atoms with E-state index in [4.69, 9.17) is 5.11 Å². The van der Waals surface area contributed by atoms with E-state index in [0.29, 0.717) is 11.4 Å². The van der Waals surface area contributed by atoms with E-state index in [2.05, 4.69) is 10.3 Å². The molecule has 2 aromatic rings. The van der Waals surface area contributed by atoms with Crippen molar-refractivity contribution in [1.29, 1.82) is 0 Å². The summed E-state index contributed by atoms with van der Waals surface area (Å²) in [4.78, 5) is 14.5. The van der Waals surface area contributed by atoms with Crippen LogP contribution in [0.2, 0.25) is 0 Å². The second kappa shape index (κ2) is 5.72. The average molecular weight is 316 g/mol. The molecule has 0 radical (unpaired) electrons. The number of hydrogen-bond acceptors (Lipinski definition) is 4. The molecule has 112 valence electrons. The number of aromatic carboxylic acids is 1. The number of alkyl halides is 3. The van der Waals surface area contributed by atoms with Crippen molar-refractivity contribution in [2.45, 2.75) is 19.6 Å². The number of benzene rings is 1. The Balaban J connectivity index is 2.11. The lowest BCUT2D eigenvalue weighted by Gasteiger charge is -2.12. The van der Waals surface area contributed by atoms with Crippen molar-refractivity contribution in [3.8, 4) is 0 Å². The smallest absolute Gasteiger partial charge is 0.416 e. The second-order valence-corrected chi connectivity index (χ2v) is 5.19. The Morgan fingerprint density at radius 1 is 1.43 bits per heavy atom. The molecule has 0 aliphatic carbocycles. The van der Waals surface area contributed by atoms with E-state index in [-0.39, 0.29) is 17.1 Å². The van der Waals surface area contributed by atoms with Gasteiger partial charge in [0.2, 0.25) is 5.01 Å². The lowest BCUT2D eigenvalue weighted by molar-refractivity contribution is -0.138. The fraction of sp³-hybridized carbons (Fsp3) is 0.231. The number of nitrogens with zero attached hydrogens (tertiary/aromatic N) is 1. The molecular weight excluding hydrogens is 305 g/mol. The van der Waals surface area contributed by atoms with Crippen molar-refractivity contribution in [2.75, 3.05) is 5.32 Å². The van der Waals surface area contributed by atoms with Crippen LogP contribution >= 0.6 is 11.3 Å². The van der Waals surface area contributed by atoms with Crippen LogP contribution in [-0.4, -0.2) is 16.1 Å². The Hall–Kier alpha value is -2.09. The standard InChI is InChI=1S/C13H11F3N2O2S/c1-7-2-3-8(4-10(7)13(14,15)16)17-5-9-6-21-11(18-9)12(19)20/h2-4,6,17H,5H2,1H3,(H,19,20). The molecule has 1 heterocycles. The van der Waals surface area contributed by atoms with Crippen LogP contribution in [0, 0.1) is 6.92 Å². The van der Waals surface area contributed by atoms with Crippen LogP contribution in [0.3, 0.4) is 0 Å². The van der Waals surface area contributed by atoms with Gasteiger partial charge in [0.25, 0.3) is 0 Å². The van der Waals surface area contributed by atoms with E-state index in [1.807, 2.05) is 0 Å². The molecule has 0 bridgehead atoms. The number of aromatic nitrogens is 1. The van der Waals surface area contributed by atoms with Crippen LogP contribution in [0.25, 0.3) is 0 Å². The maximum atomic E-state index is 12.8. The van der Waals surface area contributed by atoms with E-state index in [1.54, 1.807) is 5.38 Å². The lowest BCUT2D eigenvalue weighted by Crippen LogP contribution is -2.09. The minimum absolute atomic E-state index is 0.0494. The molecule has 8 heteroatoms. The predicted molar refractivity (Wildman–Crippen MR) is 72.6 cm³/mol. The summed E-state index contributed by atoms with van der Waals surface area (Å²) in [5, 5.41) is 13.0. The summed E-state index contributed by atoms with van der Waals surface area (Å²) >= 11 is 0.972. The van der Waals surface area contributed by atoms with Gasteiger partial charge in [0, 0.05) is 11.1 Å². The van der Waals surface area contributed by atoms with Gasteiger partial charge in [-0.1, -0.05) is 6.07 Å². The Kier molecular flexibility index (Phi) is 4.17. The van der Waals surface area contributed by atoms with Gasteiger partial charge in [-0.2, -0.15) is 13.2 Å². The van der Waals surface area contributed by atoms with Gasteiger partial charge in [0.1, 0.15) is 0 Å². The van der Waals surface area contributed by atoms with E-state index < -0.39 is 17.7 Å². The first kappa shape index (κ1) is 15.3. The summed E-state index contributed by atoms with van der Waals surface area (Å²) < 4.78 is 38.3. The number of rotatable bonds is 4. The van der Waals surface area contributed by atoms with Crippen molar-refractivity contribution < 1.29 is 23.1 Å². The van der Waals surface area contributed by atoms with E-state index in [0.717, 1.165) is 17.4 Å². The molecule has 0 atom stereocenters. The monoisotopic (exact) mass is 316 g/mol. The Labute approximate surface area is 122 Å². The second-order valence-electron chi connectivity index (χ2n) is 4.33. The number of anilines is 1. The fourth-order valence-electron chi connectivity index (χ4n) is 1.72. The number of halogens is 3. The van der Waals surface area contributed by atoms with Crippen molar-refractivity contribution in [3.63, 3.8) is 0 Å². The molecule has 0 aliphatic rings. The molecule has 1 aromatic heterocycles. The fourth-order valence-corrected chi connectivity index (χ4v) is 2.37. The van der Waals surface area contributed by atoms with Crippen LogP contribution in [-0.2, 0) is 12.7 Å². The molecular formula is C13H11F3N2O2S. The third kappa shape index (κ3) is 3.72. The van der Waals surface area contributed by atoms with Crippen LogP contribution in [0.4, 0.5) is 18.9 Å². The molecule has 2 N–H and O–H groups in total. The molecule has 0 amide bonds. The number of carboxylic acid groups (broad SMARTS) is 1. The number of aryl methyl sites for hydroxylation is 1. The van der Waals surface area contributed by atoms with Crippen molar-refractivity contribution in [1.82, 2.24) is 4.98 Å². The Morgan fingerprint density at radius 3 is 2.71 bits per heavy atom. The molecule has 0 aliphatic heterocycles. The lowest BCUT2D eigenvalue weighted by atomic mass is 10.1. The molecule has 0 saturated heterocycles. The summed E-state index contributed by atoms with van der Waals surface area (Å²) in [6.45, 7) is 1.55. The molecule has 1 aromatic carbocycles. The Bertz CT molecular complexity index is 668. The SMILES string of the molecule is Cc1ccc(NCc2csc(C(=O)O)n2)cc1C(F)(F)F. The Morgan fingerprint density at radius 2 is 2.14 bits per heavy atom. The van der Waals surface area contributed by atoms with Gasteiger partial charge in [-0.25, -0.2) is 9.78 Å². The van der Waals surface area contributed by atoms with Crippen molar-refractivity contribution in [2.24, 2.45) is 0 Å². The van der Waals surface area contributed by atoms with Crippen molar-refractivity contribution >= 4 is 23.0 Å². The first-order valence-electron chi connectivity index (χ1n) is 5.87. The summed E-state index contributed by atoms with van der Waals surface area (Å²) in [6, 6.07) is 3.95. The minimum atomic E-state index is -4.40. The molecule has 0 saturated carbocycles. The van der Waals surface area contributed by atoms with Crippen molar-refractivity contribution in [3.05, 3.63) is 45.4 Å². The zero-order valence-corrected chi connectivity index (χ0v) is 11.7. The molecule has 0 spiro atoms. The number of thiazole rings is 1. The summed E-state index contributed by atoms with van der Waals surface area (Å²) in [5.41, 5.74) is 0.219. The molecule has 0 unspecified atom stereocenters. The topological polar surface area (TPSA) is 62.2 Å². The van der Waals surface area contributed by atoms with Crippen LogP contribution in [0.15, 0.2) is 23.6 Å². The summed E-state index contributed by atoms with van der Waals surface area (Å²) in [7, 11) is 0.